The summed E-state index contributed by atoms with van der Waals surface area (Å²) in [4.78, 5) is 19.6. The summed E-state index contributed by atoms with van der Waals surface area (Å²) in [5.41, 5.74) is 2.36. The Balaban J connectivity index is 1.45. The Morgan fingerprint density at radius 2 is 2.20 bits per heavy atom. The number of likely N-dealkylation sites (tertiary alicyclic amines) is 1. The van der Waals surface area contributed by atoms with Crippen LogP contribution in [0.15, 0.2) is 36.8 Å². The molecule has 1 fully saturated rings. The van der Waals surface area contributed by atoms with E-state index in [0.717, 1.165) is 37.4 Å². The van der Waals surface area contributed by atoms with Gasteiger partial charge in [-0.15, -0.1) is 0 Å². The molecule has 1 amide bonds. The number of nitrogens with one attached hydrogen (secondary N) is 1. The normalized spacial score (nSPS) is 18.0. The van der Waals surface area contributed by atoms with Crippen molar-refractivity contribution < 1.29 is 14.3 Å². The average Bonchev–Trinajstić information content (AvgIpc) is 3.23. The second kappa shape index (κ2) is 6.98. The molecule has 4 heterocycles. The number of fused-ring (bicyclic) bond motifs is 2. The third-order valence-electron chi connectivity index (χ3n) is 5.60. The predicted octanol–water partition coefficient (Wildman–Crippen LogP) is 2.78. The largest absolute Gasteiger partial charge is 0.487 e. The number of amides is 1. The number of hydrogen-bond acceptors (Lipinski definition) is 6. The molecule has 30 heavy (non-hydrogen) atoms. The van der Waals surface area contributed by atoms with E-state index in [-0.39, 0.29) is 17.6 Å². The topological polar surface area (TPSA) is 81.0 Å². The van der Waals surface area contributed by atoms with Gasteiger partial charge in [0.15, 0.2) is 5.65 Å². The van der Waals surface area contributed by atoms with Crippen molar-refractivity contribution in [2.45, 2.75) is 38.9 Å². The highest BCUT2D eigenvalue weighted by Gasteiger charge is 2.33. The Morgan fingerprint density at radius 1 is 1.37 bits per heavy atom. The lowest BCUT2D eigenvalue weighted by Gasteiger charge is -2.38. The van der Waals surface area contributed by atoms with Gasteiger partial charge in [-0.25, -0.2) is 9.50 Å². The number of likely N-dealkylation sites (N-methyl/N-ethyl adjacent to an activating group) is 1. The molecule has 1 aromatic carbocycles. The van der Waals surface area contributed by atoms with E-state index in [4.69, 9.17) is 9.47 Å². The molecule has 156 valence electrons. The Kier molecular flexibility index (Phi) is 4.39. The van der Waals surface area contributed by atoms with Crippen LogP contribution in [0.1, 0.15) is 36.7 Å². The monoisotopic (exact) mass is 407 g/mol. The van der Waals surface area contributed by atoms with Crippen LogP contribution in [0.25, 0.3) is 5.65 Å². The molecule has 0 radical (unpaired) electrons. The molecule has 1 saturated heterocycles. The van der Waals surface area contributed by atoms with Crippen LogP contribution < -0.4 is 14.8 Å². The van der Waals surface area contributed by atoms with Gasteiger partial charge in [0, 0.05) is 43.5 Å². The van der Waals surface area contributed by atoms with Crippen molar-refractivity contribution in [3.63, 3.8) is 0 Å². The molecular formula is C22H25N5O3. The third kappa shape index (κ3) is 3.37. The lowest BCUT2D eigenvalue weighted by Crippen LogP contribution is -2.53. The average molecular weight is 407 g/mol. The highest BCUT2D eigenvalue weighted by atomic mass is 16.5. The molecule has 2 aromatic heterocycles. The van der Waals surface area contributed by atoms with Gasteiger partial charge in [0.2, 0.25) is 0 Å². The summed E-state index contributed by atoms with van der Waals surface area (Å²) in [7, 11) is 0. The second-order valence-electron chi connectivity index (χ2n) is 8.49. The van der Waals surface area contributed by atoms with Crippen molar-refractivity contribution in [3.05, 3.63) is 47.9 Å². The predicted molar refractivity (Wildman–Crippen MR) is 112 cm³/mol. The number of anilines is 1. The first-order valence-electron chi connectivity index (χ1n) is 10.3. The lowest BCUT2D eigenvalue weighted by molar-refractivity contribution is 0.0240. The van der Waals surface area contributed by atoms with E-state index in [1.54, 1.807) is 23.0 Å². The molecule has 2 aliphatic rings. The van der Waals surface area contributed by atoms with Crippen LogP contribution in [0, 0.1) is 0 Å². The maximum Gasteiger partial charge on any atom is 0.261 e. The maximum atomic E-state index is 13.0. The van der Waals surface area contributed by atoms with Crippen LogP contribution in [0.5, 0.6) is 11.5 Å². The van der Waals surface area contributed by atoms with Gasteiger partial charge < -0.3 is 14.8 Å². The van der Waals surface area contributed by atoms with Crippen molar-refractivity contribution in [1.82, 2.24) is 19.5 Å². The van der Waals surface area contributed by atoms with Crippen LogP contribution >= 0.6 is 0 Å². The van der Waals surface area contributed by atoms with Crippen molar-refractivity contribution >= 4 is 17.2 Å². The highest BCUT2D eigenvalue weighted by molar-refractivity contribution is 6.08. The van der Waals surface area contributed by atoms with Crippen LogP contribution in [-0.2, 0) is 6.42 Å². The number of hydrogen-bond donors (Lipinski definition) is 1. The van der Waals surface area contributed by atoms with E-state index in [2.05, 4.69) is 41.1 Å². The fourth-order valence-corrected chi connectivity index (χ4v) is 4.04. The summed E-state index contributed by atoms with van der Waals surface area (Å²) >= 11 is 0. The summed E-state index contributed by atoms with van der Waals surface area (Å²) in [6.07, 6.45) is 5.82. The van der Waals surface area contributed by atoms with Crippen LogP contribution in [0.4, 0.5) is 5.69 Å². The molecule has 0 atom stereocenters. The van der Waals surface area contributed by atoms with E-state index in [1.165, 1.54) is 6.20 Å². The van der Waals surface area contributed by atoms with E-state index in [9.17, 15) is 4.79 Å². The molecule has 0 spiro atoms. The first-order chi connectivity index (χ1) is 14.4. The molecule has 3 aromatic rings. The second-order valence-corrected chi connectivity index (χ2v) is 8.49. The number of aromatic nitrogens is 3. The third-order valence-corrected chi connectivity index (χ3v) is 5.60. The smallest absolute Gasteiger partial charge is 0.261 e. The molecule has 0 saturated carbocycles. The van der Waals surface area contributed by atoms with Gasteiger partial charge in [0.25, 0.3) is 5.91 Å². The Bertz CT molecular complexity index is 1120. The number of rotatable bonds is 5. The summed E-state index contributed by atoms with van der Waals surface area (Å²) in [5, 5.41) is 7.22. The van der Waals surface area contributed by atoms with Gasteiger partial charge in [-0.05, 0) is 32.5 Å². The summed E-state index contributed by atoms with van der Waals surface area (Å²) in [6.45, 7) is 9.02. The van der Waals surface area contributed by atoms with E-state index in [1.807, 2.05) is 12.1 Å². The maximum absolute atomic E-state index is 13.0. The number of carbonyl (C=O) groups excluding carboxylic acids is 1. The first-order valence-corrected chi connectivity index (χ1v) is 10.3. The number of ether oxygens (including phenoxy) is 2. The van der Waals surface area contributed by atoms with E-state index in [0.29, 0.717) is 22.6 Å². The van der Waals surface area contributed by atoms with Crippen LogP contribution in [-0.4, -0.2) is 56.7 Å². The van der Waals surface area contributed by atoms with Crippen LogP contribution in [0.3, 0.4) is 0 Å². The van der Waals surface area contributed by atoms with Gasteiger partial charge in [-0.3, -0.25) is 9.69 Å². The quantitative estimate of drug-likeness (QED) is 0.701. The zero-order chi connectivity index (χ0) is 20.9. The van der Waals surface area contributed by atoms with Crippen molar-refractivity contribution in [1.29, 1.82) is 0 Å². The molecule has 0 unspecified atom stereocenters. The van der Waals surface area contributed by atoms with Crippen molar-refractivity contribution in [3.8, 4) is 11.5 Å². The molecule has 5 rings (SSSR count). The molecule has 8 nitrogen and oxygen atoms in total. The van der Waals surface area contributed by atoms with E-state index >= 15 is 0 Å². The molecule has 2 aliphatic heterocycles. The van der Waals surface area contributed by atoms with Gasteiger partial charge in [-0.1, -0.05) is 6.92 Å². The molecule has 1 N–H and O–H groups in total. The number of benzene rings is 1. The molecule has 0 bridgehead atoms. The highest BCUT2D eigenvalue weighted by Crippen LogP contribution is 2.42. The standard InChI is InChI=1S/C22H25N5O3/c1-4-26-12-15(13-26)29-19-9-18-14(10-22(2,3)30-18)8-17(19)25-21(28)16-11-24-27-7-5-6-23-20(16)27/h5-9,11,15H,4,10,12-13H2,1-3H3,(H,25,28). The zero-order valence-electron chi connectivity index (χ0n) is 17.4. The lowest BCUT2D eigenvalue weighted by atomic mass is 10.0. The van der Waals surface area contributed by atoms with Crippen LogP contribution in [0.2, 0.25) is 0 Å². The minimum atomic E-state index is -0.274. The van der Waals surface area contributed by atoms with E-state index < -0.39 is 0 Å². The first kappa shape index (κ1) is 18.9. The summed E-state index contributed by atoms with van der Waals surface area (Å²) in [6, 6.07) is 5.64. The molecule has 8 heteroatoms. The SMILES string of the molecule is CCN1CC(Oc2cc3c(cc2NC(=O)c2cnn4cccnc24)CC(C)(C)O3)C1. The fourth-order valence-electron chi connectivity index (χ4n) is 4.04. The zero-order valence-corrected chi connectivity index (χ0v) is 17.4. The van der Waals surface area contributed by atoms with Crippen molar-refractivity contribution in [2.24, 2.45) is 0 Å². The van der Waals surface area contributed by atoms with Gasteiger partial charge in [0.05, 0.1) is 11.9 Å². The Morgan fingerprint density at radius 3 is 3.00 bits per heavy atom. The van der Waals surface area contributed by atoms with Gasteiger partial charge in [0.1, 0.15) is 28.8 Å². The molecule has 0 aliphatic carbocycles. The summed E-state index contributed by atoms with van der Waals surface area (Å²) < 4.78 is 13.9. The minimum Gasteiger partial charge on any atom is -0.487 e. The number of nitrogens with zero attached hydrogens (tertiary/aromatic N) is 4. The Hall–Kier alpha value is -3.13. The van der Waals surface area contributed by atoms with Crippen molar-refractivity contribution in [2.75, 3.05) is 25.0 Å². The Labute approximate surface area is 174 Å². The summed E-state index contributed by atoms with van der Waals surface area (Å²) in [5.74, 6) is 1.18. The van der Waals surface area contributed by atoms with Gasteiger partial charge in [-0.2, -0.15) is 5.10 Å². The fraction of sp³-hybridized carbons (Fsp3) is 0.409. The minimum absolute atomic E-state index is 0.103. The van der Waals surface area contributed by atoms with Gasteiger partial charge >= 0.3 is 0 Å². The number of carbonyl (C=O) groups is 1. The molecular weight excluding hydrogens is 382 g/mol.